The van der Waals surface area contributed by atoms with E-state index in [9.17, 15) is 71.7 Å². The highest BCUT2D eigenvalue weighted by Gasteiger charge is 2.55. The van der Waals surface area contributed by atoms with E-state index >= 15 is 0 Å². The first-order valence-corrected chi connectivity index (χ1v) is 44.6. The van der Waals surface area contributed by atoms with Crippen LogP contribution in [-0.2, 0) is 93.2 Å². The molecule has 7 aromatic heterocycles. The first-order valence-electron chi connectivity index (χ1n) is 38.6. The number of aliphatic hydroxyl groups excluding tert-OH is 1. The van der Waals surface area contributed by atoms with Crippen LogP contribution in [0.2, 0.25) is 0 Å². The summed E-state index contributed by atoms with van der Waals surface area (Å²) in [4.78, 5) is 156. The van der Waals surface area contributed by atoms with Gasteiger partial charge in [-0.15, -0.1) is 0 Å². The van der Waals surface area contributed by atoms with Crippen LogP contribution < -0.4 is 66.2 Å². The fourth-order valence-electron chi connectivity index (χ4n) is 15.2. The number of ether oxygens (including phenoxy) is 9. The van der Waals surface area contributed by atoms with Crippen LogP contribution in [-0.4, -0.2) is 220 Å². The quantitative estimate of drug-likeness (QED) is 0.0195. The monoisotopic (exact) mass is 1840 g/mol. The zero-order valence-corrected chi connectivity index (χ0v) is 70.4. The van der Waals surface area contributed by atoms with E-state index in [0.717, 1.165) is 32.4 Å². The molecule has 12 heterocycles. The van der Waals surface area contributed by atoms with E-state index in [4.69, 9.17) is 102 Å². The zero-order chi connectivity index (χ0) is 89.5. The number of hydrogen-bond acceptors (Lipinski definition) is 38. The average Bonchev–Trinajstić information content (AvgIpc) is 1.13. The van der Waals surface area contributed by atoms with E-state index in [-0.39, 0.29) is 70.4 Å². The van der Waals surface area contributed by atoms with Gasteiger partial charge in [0.25, 0.3) is 16.7 Å². The van der Waals surface area contributed by atoms with Crippen molar-refractivity contribution in [3.63, 3.8) is 0 Å². The number of aliphatic hydroxyl groups is 1. The minimum atomic E-state index is -5.76. The molecule has 4 unspecified atom stereocenters. The first kappa shape index (κ1) is 90.7. The standard InChI is InChI=1S/C72H86N18O32P4/c1-36-26-87(70(96)84-64(36)92)53-22-43(91)47(114-53)29-110-123(98,99)120-45-23-54(86-20-18-52(74)81-69(86)95)116-49(45)31-112-126(104,105)122-59-51(118-67(60(59)108-21-19-73)88-27-37(2)65(93)85-71(88)97)32-113-125(102,103)121-46-25-55(89-34-79-57-61(75)77-33-78-62(57)89)117-50(46)30-111-124(100,101)119-44-24-56(90-35-80-58-63(90)82-68(76)83-66(58)94)115-48(44)28-109-72(38-8-6-5-7-9-38,39-10-14-41(106-3)15-11-39)40-12-16-42(107-4)17-13-40/h5-18,20,26-27,33-35,43-51,53-56,59-60,67,91H,19,21-25,28-32,73H2,1-4H3,(H,98,99)(H,100,101)(H,102,103)(H,104,105)(H2,74,81,95)(H2,75,77,78)(H,84,92,96)(H,85,93,97)(H3,76,82,83,94)/t43-,44-,45-,46-,47+,48+,49+,50+,51+,53+,54+,55+,56+,59+,60+,67+/m0/s1. The van der Waals surface area contributed by atoms with E-state index in [2.05, 4.69) is 44.9 Å². The van der Waals surface area contributed by atoms with Crippen molar-refractivity contribution in [1.29, 1.82) is 0 Å². The summed E-state index contributed by atoms with van der Waals surface area (Å²) >= 11 is 0. The van der Waals surface area contributed by atoms with Gasteiger partial charge in [-0.25, -0.2) is 52.6 Å². The number of aryl methyl sites for hydroxylation is 2. The number of aromatic nitrogens is 14. The first-order chi connectivity index (χ1) is 60.1. The van der Waals surface area contributed by atoms with Gasteiger partial charge in [0.1, 0.15) is 121 Å². The Labute approximate surface area is 708 Å². The summed E-state index contributed by atoms with van der Waals surface area (Å²) in [5, 5.41) is 10.9. The number of rotatable bonds is 36. The van der Waals surface area contributed by atoms with E-state index in [0.29, 0.717) is 28.2 Å². The van der Waals surface area contributed by atoms with Crippen molar-refractivity contribution in [2.24, 2.45) is 5.73 Å². The molecule has 5 saturated heterocycles. The molecule has 16 N–H and O–H groups in total. The molecule has 10 aromatic rings. The lowest BCUT2D eigenvalue weighted by molar-refractivity contribution is -0.0939. The Morgan fingerprint density at radius 1 is 0.500 bits per heavy atom. The third-order valence-corrected chi connectivity index (χ3v) is 25.3. The summed E-state index contributed by atoms with van der Waals surface area (Å²) in [6, 6.07) is 24.5. The van der Waals surface area contributed by atoms with Gasteiger partial charge in [0.05, 0.1) is 72.6 Å². The molecular formula is C72H86N18O32P4. The maximum atomic E-state index is 14.9. The van der Waals surface area contributed by atoms with Crippen molar-refractivity contribution < 1.29 is 122 Å². The number of methoxy groups -OCH3 is 2. The number of H-pyrrole nitrogens is 3. The second kappa shape index (κ2) is 37.3. The van der Waals surface area contributed by atoms with Gasteiger partial charge in [0.2, 0.25) is 5.95 Å². The van der Waals surface area contributed by atoms with Gasteiger partial charge < -0.3 is 90.2 Å². The predicted octanol–water partition coefficient (Wildman–Crippen LogP) is 1.47. The Morgan fingerprint density at radius 3 is 1.52 bits per heavy atom. The molecule has 0 bridgehead atoms. The van der Waals surface area contributed by atoms with Crippen LogP contribution in [0.1, 0.15) is 84.6 Å². The molecule has 0 radical (unpaired) electrons. The molecule has 0 aliphatic carbocycles. The van der Waals surface area contributed by atoms with Crippen LogP contribution in [0.4, 0.5) is 17.6 Å². The third-order valence-electron chi connectivity index (χ3n) is 21.3. The van der Waals surface area contributed by atoms with Crippen LogP contribution in [0.15, 0.2) is 151 Å². The third kappa shape index (κ3) is 19.8. The van der Waals surface area contributed by atoms with Gasteiger partial charge >= 0.3 is 48.4 Å². The number of phosphoric ester groups is 4. The Kier molecular flexibility index (Phi) is 26.8. The number of nitrogen functional groups attached to an aromatic ring is 3. The highest BCUT2D eigenvalue weighted by atomic mass is 31.2. The van der Waals surface area contributed by atoms with Gasteiger partial charge in [-0.1, -0.05) is 54.6 Å². The molecule has 676 valence electrons. The lowest BCUT2D eigenvalue weighted by atomic mass is 9.80. The molecule has 126 heavy (non-hydrogen) atoms. The molecule has 0 amide bonds. The summed E-state index contributed by atoms with van der Waals surface area (Å²) in [6.07, 6.45) is -19.6. The maximum Gasteiger partial charge on any atom is 0.472 e. The summed E-state index contributed by atoms with van der Waals surface area (Å²) in [6.45, 7) is -2.58. The number of aromatic amines is 3. The zero-order valence-electron chi connectivity index (χ0n) is 66.8. The predicted molar refractivity (Wildman–Crippen MR) is 431 cm³/mol. The molecule has 20 atom stereocenters. The molecular weight excluding hydrogens is 1750 g/mol. The Balaban J connectivity index is 0.684. The van der Waals surface area contributed by atoms with Gasteiger partial charge in [0.15, 0.2) is 28.9 Å². The number of nitrogens with zero attached hydrogens (tertiary/aromatic N) is 11. The lowest BCUT2D eigenvalue weighted by Crippen LogP contribution is -2.41. The second-order valence-electron chi connectivity index (χ2n) is 29.4. The topological polar surface area (TPSA) is 682 Å². The number of benzene rings is 3. The summed E-state index contributed by atoms with van der Waals surface area (Å²) < 4.78 is 165. The van der Waals surface area contributed by atoms with Crippen molar-refractivity contribution in [1.82, 2.24) is 67.7 Å². The largest absolute Gasteiger partial charge is 0.497 e. The van der Waals surface area contributed by atoms with Gasteiger partial charge in [-0.3, -0.25) is 88.4 Å². The van der Waals surface area contributed by atoms with Crippen molar-refractivity contribution in [3.8, 4) is 11.5 Å². The van der Waals surface area contributed by atoms with Crippen LogP contribution in [0.3, 0.4) is 0 Å². The number of nitrogens with two attached hydrogens (primary N) is 4. The minimum absolute atomic E-state index is 0.0277. The summed E-state index contributed by atoms with van der Waals surface area (Å²) in [5.41, 5.74) is 19.0. The molecule has 5 aliphatic heterocycles. The van der Waals surface area contributed by atoms with Crippen molar-refractivity contribution in [2.75, 3.05) is 77.6 Å². The summed E-state index contributed by atoms with van der Waals surface area (Å²) in [5.74, 6) is 0.504. The van der Waals surface area contributed by atoms with Crippen LogP contribution in [0, 0.1) is 13.8 Å². The van der Waals surface area contributed by atoms with E-state index < -0.39 is 221 Å². The molecule has 5 fully saturated rings. The van der Waals surface area contributed by atoms with Crippen LogP contribution >= 0.6 is 31.3 Å². The van der Waals surface area contributed by atoms with Gasteiger partial charge in [-0.05, 0) is 60.9 Å². The molecule has 15 rings (SSSR count). The second-order valence-corrected chi connectivity index (χ2v) is 35.1. The normalized spacial score (nSPS) is 26.5. The Hall–Kier alpha value is -10.1. The minimum Gasteiger partial charge on any atom is -0.497 e. The van der Waals surface area contributed by atoms with Crippen molar-refractivity contribution >= 4 is 71.2 Å². The van der Waals surface area contributed by atoms with Crippen molar-refractivity contribution in [2.45, 2.75) is 143 Å². The maximum absolute atomic E-state index is 14.9. The fourth-order valence-corrected chi connectivity index (χ4v) is 19.0. The SMILES string of the molecule is COc1ccc(C(OC[C@H]2O[C@@H](n3cnc4c(=O)[nH]c(N)nc43)C[C@@H]2OP(=O)(O)OC[C@H]2O[C@@H](n3cnc4c(N)ncnc43)C[C@@H]2OP(=O)(O)OC[C@H]2O[C@@H](n3cc(C)c(=O)[nH]c3=O)[C@H](OCCN)[C@@H]2OP(=O)(O)OC[C@H]2O[C@@H](n3ccc(N)nc3=O)C[C@@H]2OP(=O)(O)OC[C@H]2O[C@@H](n3cc(C)c(=O)[nH]c3=O)C[C@@H]2O)(c2ccccc2)c2ccc(OC)cc2)cc1. The van der Waals surface area contributed by atoms with Gasteiger partial charge in [-0.2, -0.15) is 9.97 Å². The summed E-state index contributed by atoms with van der Waals surface area (Å²) in [7, 11) is -19.3. The van der Waals surface area contributed by atoms with E-state index in [1.54, 1.807) is 48.5 Å². The Bertz CT molecular complexity index is 6160. The van der Waals surface area contributed by atoms with Gasteiger partial charge in [0, 0.05) is 61.9 Å². The van der Waals surface area contributed by atoms with Crippen LogP contribution in [0.5, 0.6) is 11.5 Å². The number of hydrogen-bond donors (Lipinski definition) is 12. The number of fused-ring (bicyclic) bond motifs is 2. The van der Waals surface area contributed by atoms with E-state index in [1.165, 1.54) is 62.1 Å². The molecule has 54 heteroatoms. The number of anilines is 3. The highest BCUT2D eigenvalue weighted by molar-refractivity contribution is 7.48. The van der Waals surface area contributed by atoms with Crippen LogP contribution in [0.25, 0.3) is 22.3 Å². The Morgan fingerprint density at radius 2 is 0.976 bits per heavy atom. The molecule has 0 spiro atoms. The highest BCUT2D eigenvalue weighted by Crippen LogP contribution is 2.56. The number of phosphoric acid groups is 4. The number of imidazole rings is 2. The molecule has 50 nitrogen and oxygen atoms in total. The van der Waals surface area contributed by atoms with E-state index in [1.807, 2.05) is 30.3 Å². The smallest absolute Gasteiger partial charge is 0.472 e. The molecule has 5 aliphatic rings. The average molecular weight is 1840 g/mol. The lowest BCUT2D eigenvalue weighted by Gasteiger charge is -2.37. The van der Waals surface area contributed by atoms with Crippen molar-refractivity contribution in [3.05, 3.63) is 213 Å². The molecule has 3 aromatic carbocycles. The molecule has 0 saturated carbocycles. The fraction of sp³-hybridized carbons (Fsp3) is 0.444. The number of nitrogens with one attached hydrogen (secondary N) is 3.